The van der Waals surface area contributed by atoms with Gasteiger partial charge >= 0.3 is 0 Å². The standard InChI is InChI=1S/C19H27N5OS/c1-15-21-16(13-26-15)11-24-18(25)4-6-19(24)5-3-8-23(9-7-19)12-17-10-20-14-22(17)2/h10,13-14H,3-9,11-12H2,1-2H3/t19-/m1/s1. The molecule has 26 heavy (non-hydrogen) atoms. The zero-order valence-corrected chi connectivity index (χ0v) is 16.5. The maximum atomic E-state index is 12.6. The number of thiazole rings is 1. The Morgan fingerprint density at radius 3 is 2.85 bits per heavy atom. The van der Waals surface area contributed by atoms with E-state index < -0.39 is 0 Å². The smallest absolute Gasteiger partial charge is 0.223 e. The Morgan fingerprint density at radius 1 is 1.23 bits per heavy atom. The quantitative estimate of drug-likeness (QED) is 0.827. The molecule has 7 heteroatoms. The summed E-state index contributed by atoms with van der Waals surface area (Å²) in [6.45, 7) is 5.75. The molecule has 0 N–H and O–H groups in total. The Labute approximate surface area is 158 Å². The van der Waals surface area contributed by atoms with Gasteiger partial charge in [0, 0.05) is 43.7 Å². The summed E-state index contributed by atoms with van der Waals surface area (Å²) in [4.78, 5) is 26.1. The third-order valence-corrected chi connectivity index (χ3v) is 6.80. The van der Waals surface area contributed by atoms with E-state index in [9.17, 15) is 4.79 Å². The summed E-state index contributed by atoms with van der Waals surface area (Å²) >= 11 is 1.67. The minimum absolute atomic E-state index is 0.0236. The highest BCUT2D eigenvalue weighted by Crippen LogP contribution is 2.40. The molecule has 0 aliphatic carbocycles. The molecular formula is C19H27N5OS. The first kappa shape index (κ1) is 17.7. The minimum atomic E-state index is 0.0236. The van der Waals surface area contributed by atoms with Gasteiger partial charge in [-0.3, -0.25) is 9.69 Å². The lowest BCUT2D eigenvalue weighted by Gasteiger charge is -2.38. The fourth-order valence-electron chi connectivity index (χ4n) is 4.45. The van der Waals surface area contributed by atoms with Gasteiger partial charge < -0.3 is 9.47 Å². The Bertz CT molecular complexity index is 784. The third-order valence-electron chi connectivity index (χ3n) is 5.98. The molecule has 4 heterocycles. The lowest BCUT2D eigenvalue weighted by molar-refractivity contribution is -0.132. The second-order valence-electron chi connectivity index (χ2n) is 7.69. The van der Waals surface area contributed by atoms with Gasteiger partial charge in [-0.1, -0.05) is 0 Å². The Morgan fingerprint density at radius 2 is 2.12 bits per heavy atom. The largest absolute Gasteiger partial charge is 0.337 e. The van der Waals surface area contributed by atoms with E-state index in [4.69, 9.17) is 0 Å². The summed E-state index contributed by atoms with van der Waals surface area (Å²) in [6.07, 6.45) is 8.79. The molecule has 2 fully saturated rings. The van der Waals surface area contributed by atoms with Crippen LogP contribution in [-0.4, -0.2) is 48.9 Å². The van der Waals surface area contributed by atoms with Crippen LogP contribution in [0.2, 0.25) is 0 Å². The van der Waals surface area contributed by atoms with Gasteiger partial charge in [-0.2, -0.15) is 0 Å². The third kappa shape index (κ3) is 3.42. The molecule has 2 aliphatic rings. The number of hydrogen-bond acceptors (Lipinski definition) is 5. The first-order valence-electron chi connectivity index (χ1n) is 9.45. The van der Waals surface area contributed by atoms with Gasteiger partial charge in [0.15, 0.2) is 0 Å². The molecule has 0 saturated carbocycles. The van der Waals surface area contributed by atoms with Gasteiger partial charge in [0.05, 0.1) is 29.3 Å². The highest BCUT2D eigenvalue weighted by Gasteiger charge is 2.45. The van der Waals surface area contributed by atoms with E-state index in [0.717, 1.165) is 56.0 Å². The maximum Gasteiger partial charge on any atom is 0.223 e. The first-order chi connectivity index (χ1) is 12.6. The van der Waals surface area contributed by atoms with Crippen molar-refractivity contribution in [3.8, 4) is 0 Å². The molecule has 1 amide bonds. The molecule has 6 nitrogen and oxygen atoms in total. The fraction of sp³-hybridized carbons (Fsp3) is 0.632. The van der Waals surface area contributed by atoms with Gasteiger partial charge in [-0.15, -0.1) is 11.3 Å². The van der Waals surface area contributed by atoms with Gasteiger partial charge in [-0.05, 0) is 39.2 Å². The van der Waals surface area contributed by atoms with Crippen molar-refractivity contribution in [3.05, 3.63) is 34.3 Å². The number of aryl methyl sites for hydroxylation is 2. The molecule has 0 aromatic carbocycles. The molecule has 1 atom stereocenters. The first-order valence-corrected chi connectivity index (χ1v) is 10.3. The number of imidazole rings is 1. The molecule has 2 aromatic heterocycles. The number of likely N-dealkylation sites (tertiary alicyclic amines) is 2. The van der Waals surface area contributed by atoms with E-state index in [0.29, 0.717) is 18.9 Å². The molecular weight excluding hydrogens is 346 g/mol. The maximum absolute atomic E-state index is 12.6. The van der Waals surface area contributed by atoms with Crippen molar-refractivity contribution < 1.29 is 4.79 Å². The molecule has 0 radical (unpaired) electrons. The van der Waals surface area contributed by atoms with Crippen molar-refractivity contribution in [2.75, 3.05) is 13.1 Å². The summed E-state index contributed by atoms with van der Waals surface area (Å²) in [5.74, 6) is 0.302. The highest BCUT2D eigenvalue weighted by atomic mass is 32.1. The number of carbonyl (C=O) groups is 1. The van der Waals surface area contributed by atoms with Crippen LogP contribution < -0.4 is 0 Å². The molecule has 2 saturated heterocycles. The van der Waals surface area contributed by atoms with Crippen molar-refractivity contribution in [3.63, 3.8) is 0 Å². The second-order valence-corrected chi connectivity index (χ2v) is 8.75. The lowest BCUT2D eigenvalue weighted by atomic mass is 9.87. The number of amides is 1. The van der Waals surface area contributed by atoms with Gasteiger partial charge in [0.1, 0.15) is 0 Å². The summed E-state index contributed by atoms with van der Waals surface area (Å²) in [5.41, 5.74) is 2.31. The number of carbonyl (C=O) groups excluding carboxylic acids is 1. The van der Waals surface area contributed by atoms with Gasteiger partial charge in [0.25, 0.3) is 0 Å². The summed E-state index contributed by atoms with van der Waals surface area (Å²) in [7, 11) is 2.05. The predicted octanol–water partition coefficient (Wildman–Crippen LogP) is 2.73. The van der Waals surface area contributed by atoms with Gasteiger partial charge in [0.2, 0.25) is 5.91 Å². The SMILES string of the molecule is Cc1nc(CN2C(=O)CC[C@@]23CCCN(Cc2cncn2C)CC3)cs1. The van der Waals surface area contributed by atoms with Crippen LogP contribution >= 0.6 is 11.3 Å². The van der Waals surface area contributed by atoms with E-state index in [2.05, 4.69) is 36.8 Å². The van der Waals surface area contributed by atoms with Gasteiger partial charge in [-0.25, -0.2) is 9.97 Å². The number of nitrogens with zero attached hydrogens (tertiary/aromatic N) is 5. The molecule has 2 aliphatic heterocycles. The molecule has 0 bridgehead atoms. The fourth-order valence-corrected chi connectivity index (χ4v) is 5.06. The van der Waals surface area contributed by atoms with Crippen molar-refractivity contribution in [1.82, 2.24) is 24.3 Å². The van der Waals surface area contributed by atoms with Crippen molar-refractivity contribution in [1.29, 1.82) is 0 Å². The van der Waals surface area contributed by atoms with Crippen molar-refractivity contribution >= 4 is 17.2 Å². The average Bonchev–Trinajstić information content (AvgIpc) is 3.24. The molecule has 2 aromatic rings. The number of hydrogen-bond donors (Lipinski definition) is 0. The summed E-state index contributed by atoms with van der Waals surface area (Å²) in [5, 5.41) is 3.17. The highest BCUT2D eigenvalue weighted by molar-refractivity contribution is 7.09. The van der Waals surface area contributed by atoms with E-state index in [1.807, 2.05) is 19.4 Å². The van der Waals surface area contributed by atoms with Crippen molar-refractivity contribution in [2.24, 2.45) is 7.05 Å². The van der Waals surface area contributed by atoms with Crippen LogP contribution in [0, 0.1) is 6.92 Å². The summed E-state index contributed by atoms with van der Waals surface area (Å²) in [6, 6.07) is 0. The average molecular weight is 374 g/mol. The van der Waals surface area contributed by atoms with Crippen LogP contribution in [0.25, 0.3) is 0 Å². The monoisotopic (exact) mass is 373 g/mol. The van der Waals surface area contributed by atoms with Crippen LogP contribution in [0.3, 0.4) is 0 Å². The lowest BCUT2D eigenvalue weighted by Crippen LogP contribution is -2.46. The Hall–Kier alpha value is -1.73. The number of rotatable bonds is 4. The van der Waals surface area contributed by atoms with Crippen LogP contribution in [0.1, 0.15) is 48.5 Å². The zero-order valence-electron chi connectivity index (χ0n) is 15.6. The van der Waals surface area contributed by atoms with Crippen LogP contribution in [0.5, 0.6) is 0 Å². The zero-order chi connectivity index (χ0) is 18.1. The normalized spacial score (nSPS) is 24.5. The second kappa shape index (κ2) is 7.12. The molecule has 140 valence electrons. The van der Waals surface area contributed by atoms with Crippen molar-refractivity contribution in [2.45, 2.75) is 57.7 Å². The topological polar surface area (TPSA) is 54.3 Å². The van der Waals surface area contributed by atoms with E-state index in [1.54, 1.807) is 11.3 Å². The summed E-state index contributed by atoms with van der Waals surface area (Å²) < 4.78 is 2.09. The number of aromatic nitrogens is 3. The molecule has 1 spiro atoms. The van der Waals surface area contributed by atoms with Crippen LogP contribution in [0.4, 0.5) is 0 Å². The minimum Gasteiger partial charge on any atom is -0.337 e. The molecule has 4 rings (SSSR count). The Balaban J connectivity index is 1.46. The van der Waals surface area contributed by atoms with Crippen LogP contribution in [0.15, 0.2) is 17.9 Å². The van der Waals surface area contributed by atoms with Crippen LogP contribution in [-0.2, 0) is 24.9 Å². The Kier molecular flexibility index (Phi) is 4.84. The predicted molar refractivity (Wildman–Crippen MR) is 102 cm³/mol. The molecule has 0 unspecified atom stereocenters. The van der Waals surface area contributed by atoms with E-state index in [1.165, 1.54) is 5.69 Å². The van der Waals surface area contributed by atoms with E-state index in [-0.39, 0.29) is 5.54 Å². The van der Waals surface area contributed by atoms with E-state index >= 15 is 0 Å².